The van der Waals surface area contributed by atoms with Crippen molar-refractivity contribution in [1.82, 2.24) is 15.3 Å². The smallest absolute Gasteiger partial charge is 0.243 e. The number of amides is 2. The first kappa shape index (κ1) is 21.0. The maximum absolute atomic E-state index is 12.1. The molecule has 0 radical (unpaired) electrons. The average Bonchev–Trinajstić information content (AvgIpc) is 3.11. The number of aromatic nitrogens is 2. The number of thioether (sulfide) groups is 1. The van der Waals surface area contributed by atoms with Crippen molar-refractivity contribution in [2.45, 2.75) is 19.0 Å². The van der Waals surface area contributed by atoms with Crippen molar-refractivity contribution >= 4 is 51.9 Å². The molecule has 9 heteroatoms. The van der Waals surface area contributed by atoms with Gasteiger partial charge in [-0.3, -0.25) is 9.59 Å². The lowest BCUT2D eigenvalue weighted by Gasteiger charge is -2.10. The van der Waals surface area contributed by atoms with E-state index in [2.05, 4.69) is 20.6 Å². The van der Waals surface area contributed by atoms with Crippen molar-refractivity contribution in [1.29, 1.82) is 0 Å². The van der Waals surface area contributed by atoms with Crippen molar-refractivity contribution in [3.8, 4) is 5.75 Å². The zero-order valence-electron chi connectivity index (χ0n) is 16.0. The second-order valence-electron chi connectivity index (χ2n) is 6.18. The fourth-order valence-corrected chi connectivity index (χ4v) is 3.48. The highest BCUT2D eigenvalue weighted by Crippen LogP contribution is 2.24. The summed E-state index contributed by atoms with van der Waals surface area (Å²) in [5.41, 5.74) is 3.05. The van der Waals surface area contributed by atoms with Gasteiger partial charge in [0.1, 0.15) is 5.75 Å². The molecule has 29 heavy (non-hydrogen) atoms. The summed E-state index contributed by atoms with van der Waals surface area (Å²) >= 11 is 7.30. The van der Waals surface area contributed by atoms with Gasteiger partial charge < -0.3 is 20.4 Å². The van der Waals surface area contributed by atoms with Gasteiger partial charge in [-0.05, 0) is 43.7 Å². The first-order valence-corrected chi connectivity index (χ1v) is 10.4. The lowest BCUT2D eigenvalue weighted by molar-refractivity contribution is -0.122. The first-order chi connectivity index (χ1) is 14.0. The van der Waals surface area contributed by atoms with E-state index in [1.54, 1.807) is 18.2 Å². The average molecular weight is 433 g/mol. The highest BCUT2D eigenvalue weighted by Gasteiger charge is 2.11. The van der Waals surface area contributed by atoms with Crippen molar-refractivity contribution in [2.75, 3.05) is 24.2 Å². The molecular weight excluding hydrogens is 412 g/mol. The Bertz CT molecular complexity index is 1040. The number of hydrogen-bond acceptors (Lipinski definition) is 5. The molecule has 0 aliphatic rings. The molecule has 152 valence electrons. The third kappa shape index (κ3) is 5.65. The van der Waals surface area contributed by atoms with E-state index in [1.807, 2.05) is 32.0 Å². The van der Waals surface area contributed by atoms with Gasteiger partial charge in [-0.25, -0.2) is 4.98 Å². The van der Waals surface area contributed by atoms with E-state index in [4.69, 9.17) is 16.3 Å². The van der Waals surface area contributed by atoms with Gasteiger partial charge in [0.15, 0.2) is 5.16 Å². The number of halogens is 1. The van der Waals surface area contributed by atoms with E-state index in [0.717, 1.165) is 22.3 Å². The third-order valence-electron chi connectivity index (χ3n) is 4.07. The lowest BCUT2D eigenvalue weighted by atomic mass is 10.2. The molecule has 0 unspecified atom stereocenters. The van der Waals surface area contributed by atoms with Crippen LogP contribution in [-0.4, -0.2) is 40.7 Å². The fourth-order valence-electron chi connectivity index (χ4n) is 2.59. The van der Waals surface area contributed by atoms with E-state index in [9.17, 15) is 9.59 Å². The molecule has 2 amide bonds. The van der Waals surface area contributed by atoms with Crippen molar-refractivity contribution < 1.29 is 14.3 Å². The standard InChI is InChI=1S/C20H21ClN4O3S/c1-3-28-13-7-8-16-17(9-13)25-20(24-16)29-11-19(27)22-10-18(26)23-15-6-4-5-14(21)12(15)2/h4-9H,3,10-11H2,1-2H3,(H,22,27)(H,23,26)(H,24,25). The summed E-state index contributed by atoms with van der Waals surface area (Å²) in [6.07, 6.45) is 0. The summed E-state index contributed by atoms with van der Waals surface area (Å²) in [7, 11) is 0. The molecule has 0 atom stereocenters. The van der Waals surface area contributed by atoms with Gasteiger partial charge >= 0.3 is 0 Å². The van der Waals surface area contributed by atoms with Gasteiger partial charge in [0.2, 0.25) is 11.8 Å². The summed E-state index contributed by atoms with van der Waals surface area (Å²) in [5, 5.41) is 6.54. The third-order valence-corrected chi connectivity index (χ3v) is 5.35. The number of benzene rings is 2. The predicted molar refractivity (Wildman–Crippen MR) is 116 cm³/mol. The number of anilines is 1. The SMILES string of the molecule is CCOc1ccc2nc(SCC(=O)NCC(=O)Nc3cccc(Cl)c3C)[nH]c2c1. The quantitative estimate of drug-likeness (QED) is 0.471. The Kier molecular flexibility index (Phi) is 7.00. The first-order valence-electron chi connectivity index (χ1n) is 9.03. The second kappa shape index (κ2) is 9.67. The van der Waals surface area contributed by atoms with Crippen LogP contribution in [-0.2, 0) is 9.59 Å². The molecule has 3 aromatic rings. The number of nitrogens with zero attached hydrogens (tertiary/aromatic N) is 1. The number of rotatable bonds is 8. The Hall–Kier alpha value is -2.71. The molecule has 1 heterocycles. The number of H-pyrrole nitrogens is 1. The molecule has 0 bridgehead atoms. The van der Waals surface area contributed by atoms with Crippen LogP contribution in [0.3, 0.4) is 0 Å². The molecule has 1 aromatic heterocycles. The molecule has 0 spiro atoms. The number of carbonyl (C=O) groups excluding carboxylic acids is 2. The Labute approximate surface area is 177 Å². The minimum Gasteiger partial charge on any atom is -0.494 e. The summed E-state index contributed by atoms with van der Waals surface area (Å²) in [4.78, 5) is 31.7. The topological polar surface area (TPSA) is 96.1 Å². The van der Waals surface area contributed by atoms with Crippen LogP contribution in [0, 0.1) is 6.92 Å². The van der Waals surface area contributed by atoms with Crippen LogP contribution in [0.5, 0.6) is 5.75 Å². The summed E-state index contributed by atoms with van der Waals surface area (Å²) in [5.74, 6) is 0.324. The molecule has 0 aliphatic heterocycles. The van der Waals surface area contributed by atoms with Gasteiger partial charge in [0.05, 0.1) is 29.9 Å². The van der Waals surface area contributed by atoms with Gasteiger partial charge in [-0.15, -0.1) is 0 Å². The summed E-state index contributed by atoms with van der Waals surface area (Å²) in [6.45, 7) is 4.21. The minimum atomic E-state index is -0.319. The Morgan fingerprint density at radius 1 is 1.24 bits per heavy atom. The molecule has 0 saturated carbocycles. The van der Waals surface area contributed by atoms with Crippen LogP contribution < -0.4 is 15.4 Å². The molecule has 7 nitrogen and oxygen atoms in total. The number of nitrogens with one attached hydrogen (secondary N) is 3. The van der Waals surface area contributed by atoms with Gasteiger partial charge in [-0.2, -0.15) is 0 Å². The monoisotopic (exact) mass is 432 g/mol. The van der Waals surface area contributed by atoms with Crippen molar-refractivity contribution in [3.63, 3.8) is 0 Å². The Morgan fingerprint density at radius 2 is 2.07 bits per heavy atom. The summed E-state index contributed by atoms with van der Waals surface area (Å²) in [6, 6.07) is 10.9. The number of aromatic amines is 1. The van der Waals surface area contributed by atoms with Gasteiger partial charge in [0.25, 0.3) is 0 Å². The van der Waals surface area contributed by atoms with Gasteiger partial charge in [-0.1, -0.05) is 29.4 Å². The molecular formula is C20H21ClN4O3S. The maximum atomic E-state index is 12.1. The number of ether oxygens (including phenoxy) is 1. The van der Waals surface area contributed by atoms with E-state index in [1.165, 1.54) is 11.8 Å². The van der Waals surface area contributed by atoms with Crippen LogP contribution in [0.1, 0.15) is 12.5 Å². The summed E-state index contributed by atoms with van der Waals surface area (Å²) < 4.78 is 5.47. The number of fused-ring (bicyclic) bond motifs is 1. The molecule has 0 fully saturated rings. The largest absolute Gasteiger partial charge is 0.494 e. The van der Waals surface area contributed by atoms with Crippen molar-refractivity contribution in [2.24, 2.45) is 0 Å². The Morgan fingerprint density at radius 3 is 2.86 bits per heavy atom. The fraction of sp³-hybridized carbons (Fsp3) is 0.250. The van der Waals surface area contributed by atoms with Crippen LogP contribution in [0.2, 0.25) is 5.02 Å². The number of imidazole rings is 1. The molecule has 0 saturated heterocycles. The van der Waals surface area contributed by atoms with Gasteiger partial charge in [0, 0.05) is 16.8 Å². The zero-order chi connectivity index (χ0) is 20.8. The zero-order valence-corrected chi connectivity index (χ0v) is 17.6. The normalized spacial score (nSPS) is 10.7. The molecule has 3 N–H and O–H groups in total. The van der Waals surface area contributed by atoms with Crippen molar-refractivity contribution in [3.05, 3.63) is 47.0 Å². The number of carbonyl (C=O) groups is 2. The highest BCUT2D eigenvalue weighted by atomic mass is 35.5. The van der Waals surface area contributed by atoms with Crippen LogP contribution in [0.4, 0.5) is 5.69 Å². The second-order valence-corrected chi connectivity index (χ2v) is 7.55. The van der Waals surface area contributed by atoms with Crippen LogP contribution >= 0.6 is 23.4 Å². The molecule has 3 rings (SSSR count). The molecule has 2 aromatic carbocycles. The van der Waals surface area contributed by atoms with E-state index in [-0.39, 0.29) is 24.1 Å². The predicted octanol–water partition coefficient (Wildman–Crippen LogP) is 3.77. The maximum Gasteiger partial charge on any atom is 0.243 e. The minimum absolute atomic E-state index is 0.122. The molecule has 0 aliphatic carbocycles. The van der Waals surface area contributed by atoms with E-state index >= 15 is 0 Å². The van der Waals surface area contributed by atoms with E-state index < -0.39 is 0 Å². The van der Waals surface area contributed by atoms with Crippen LogP contribution in [0.15, 0.2) is 41.6 Å². The Balaban J connectivity index is 1.47. The van der Waals surface area contributed by atoms with Crippen LogP contribution in [0.25, 0.3) is 11.0 Å². The van der Waals surface area contributed by atoms with E-state index in [0.29, 0.717) is 22.5 Å². The highest BCUT2D eigenvalue weighted by molar-refractivity contribution is 7.99. The lowest BCUT2D eigenvalue weighted by Crippen LogP contribution is -2.34. The number of hydrogen-bond donors (Lipinski definition) is 3.